The molecule has 1 aromatic rings. The normalized spacial score (nSPS) is 19.4. The molecule has 1 saturated heterocycles. The Morgan fingerprint density at radius 3 is 2.67 bits per heavy atom. The number of nitrogens with one attached hydrogen (secondary N) is 1. The molecule has 1 amide bonds. The Bertz CT molecular complexity index is 458. The maximum atomic E-state index is 12.2. The van der Waals surface area contributed by atoms with E-state index in [0.717, 1.165) is 45.1 Å². The minimum atomic E-state index is 0.255. The van der Waals surface area contributed by atoms with Gasteiger partial charge in [0, 0.05) is 31.9 Å². The third kappa shape index (κ3) is 4.21. The van der Waals surface area contributed by atoms with E-state index in [0.29, 0.717) is 6.54 Å². The summed E-state index contributed by atoms with van der Waals surface area (Å²) in [5.74, 6) is 1.08. The molecule has 4 nitrogen and oxygen atoms in total. The van der Waals surface area contributed by atoms with Crippen molar-refractivity contribution >= 4 is 11.6 Å². The summed E-state index contributed by atoms with van der Waals surface area (Å²) in [4.78, 5) is 16.6. The second-order valence-electron chi connectivity index (χ2n) is 6.13. The Balaban J connectivity index is 1.46. The van der Waals surface area contributed by atoms with Crippen molar-refractivity contribution in [1.29, 1.82) is 0 Å². The first kappa shape index (κ1) is 14.4. The minimum absolute atomic E-state index is 0.255. The van der Waals surface area contributed by atoms with E-state index in [4.69, 9.17) is 0 Å². The van der Waals surface area contributed by atoms with Gasteiger partial charge in [0.05, 0.1) is 6.54 Å². The van der Waals surface area contributed by atoms with Crippen molar-refractivity contribution in [2.24, 2.45) is 5.92 Å². The Hall–Kier alpha value is -1.55. The molecule has 0 radical (unpaired) electrons. The number of hydrogen-bond donors (Lipinski definition) is 1. The van der Waals surface area contributed by atoms with Gasteiger partial charge in [-0.2, -0.15) is 0 Å². The van der Waals surface area contributed by atoms with Crippen molar-refractivity contribution in [3.05, 3.63) is 30.3 Å². The summed E-state index contributed by atoms with van der Waals surface area (Å²) in [7, 11) is 0. The van der Waals surface area contributed by atoms with Crippen LogP contribution in [0, 0.1) is 5.92 Å². The van der Waals surface area contributed by atoms with Gasteiger partial charge in [-0.1, -0.05) is 18.2 Å². The summed E-state index contributed by atoms with van der Waals surface area (Å²) >= 11 is 0. The molecule has 0 bridgehead atoms. The van der Waals surface area contributed by atoms with E-state index in [1.807, 2.05) is 11.0 Å². The largest absolute Gasteiger partial charge is 0.370 e. The van der Waals surface area contributed by atoms with Gasteiger partial charge < -0.3 is 15.1 Å². The Labute approximate surface area is 127 Å². The van der Waals surface area contributed by atoms with Gasteiger partial charge in [-0.3, -0.25) is 4.79 Å². The van der Waals surface area contributed by atoms with Crippen LogP contribution in [0.3, 0.4) is 0 Å². The zero-order valence-electron chi connectivity index (χ0n) is 12.6. The maximum Gasteiger partial charge on any atom is 0.236 e. The van der Waals surface area contributed by atoms with Crippen molar-refractivity contribution in [2.75, 3.05) is 44.2 Å². The third-order valence-corrected chi connectivity index (χ3v) is 4.38. The van der Waals surface area contributed by atoms with Gasteiger partial charge in [0.1, 0.15) is 0 Å². The van der Waals surface area contributed by atoms with Crippen LogP contribution in [0.4, 0.5) is 5.69 Å². The molecule has 0 aromatic heterocycles. The molecule has 0 atom stereocenters. The fraction of sp³-hybridized carbons (Fsp3) is 0.588. The van der Waals surface area contributed by atoms with E-state index in [1.165, 1.54) is 18.5 Å². The fourth-order valence-electron chi connectivity index (χ4n) is 2.88. The van der Waals surface area contributed by atoms with Crippen LogP contribution in [-0.2, 0) is 4.79 Å². The first-order valence-corrected chi connectivity index (χ1v) is 8.11. The third-order valence-electron chi connectivity index (χ3n) is 4.38. The average molecular weight is 287 g/mol. The molecular weight excluding hydrogens is 262 g/mol. The first-order chi connectivity index (χ1) is 10.3. The summed E-state index contributed by atoms with van der Waals surface area (Å²) in [6, 6.07) is 10.5. The number of amides is 1. The fourth-order valence-corrected chi connectivity index (χ4v) is 2.88. The topological polar surface area (TPSA) is 35.6 Å². The van der Waals surface area contributed by atoms with E-state index in [9.17, 15) is 4.79 Å². The van der Waals surface area contributed by atoms with Crippen molar-refractivity contribution < 1.29 is 4.79 Å². The van der Waals surface area contributed by atoms with E-state index < -0.39 is 0 Å². The second kappa shape index (κ2) is 6.94. The van der Waals surface area contributed by atoms with E-state index in [-0.39, 0.29) is 5.91 Å². The highest BCUT2D eigenvalue weighted by Gasteiger charge is 2.22. The van der Waals surface area contributed by atoms with Crippen LogP contribution in [0.15, 0.2) is 30.3 Å². The molecule has 2 fully saturated rings. The molecular formula is C17H25N3O. The van der Waals surface area contributed by atoms with Crippen LogP contribution < -0.4 is 10.2 Å². The van der Waals surface area contributed by atoms with Gasteiger partial charge in [0.2, 0.25) is 5.91 Å². The number of carbonyl (C=O) groups is 1. The molecule has 114 valence electrons. The van der Waals surface area contributed by atoms with Crippen LogP contribution in [0.5, 0.6) is 0 Å². The van der Waals surface area contributed by atoms with Crippen LogP contribution in [0.25, 0.3) is 0 Å². The van der Waals surface area contributed by atoms with Crippen molar-refractivity contribution in [3.8, 4) is 0 Å². The second-order valence-corrected chi connectivity index (χ2v) is 6.13. The number of para-hydroxylation sites is 1. The first-order valence-electron chi connectivity index (χ1n) is 8.11. The highest BCUT2D eigenvalue weighted by Crippen LogP contribution is 2.27. The predicted molar refractivity (Wildman–Crippen MR) is 85.4 cm³/mol. The molecule has 0 spiro atoms. The lowest BCUT2D eigenvalue weighted by molar-refractivity contribution is -0.130. The molecule has 1 heterocycles. The van der Waals surface area contributed by atoms with Crippen molar-refractivity contribution in [3.63, 3.8) is 0 Å². The lowest BCUT2D eigenvalue weighted by Crippen LogP contribution is -2.40. The van der Waals surface area contributed by atoms with E-state index in [2.05, 4.69) is 34.5 Å². The molecule has 1 N–H and O–H groups in total. The molecule has 1 aromatic carbocycles. The number of carbonyl (C=O) groups excluding carboxylic acids is 1. The van der Waals surface area contributed by atoms with Gasteiger partial charge >= 0.3 is 0 Å². The summed E-state index contributed by atoms with van der Waals surface area (Å²) in [5, 5.41) is 3.30. The number of nitrogens with zero attached hydrogens (tertiary/aromatic N) is 2. The van der Waals surface area contributed by atoms with Crippen molar-refractivity contribution in [2.45, 2.75) is 19.3 Å². The monoisotopic (exact) mass is 287 g/mol. The van der Waals surface area contributed by atoms with Crippen LogP contribution in [0.1, 0.15) is 19.3 Å². The maximum absolute atomic E-state index is 12.2. The summed E-state index contributed by atoms with van der Waals surface area (Å²) in [6.45, 7) is 5.19. The molecule has 0 unspecified atom stereocenters. The average Bonchev–Trinajstić information content (AvgIpc) is 3.34. The number of benzene rings is 1. The smallest absolute Gasteiger partial charge is 0.236 e. The molecule has 1 aliphatic heterocycles. The molecule has 1 saturated carbocycles. The van der Waals surface area contributed by atoms with Gasteiger partial charge in [-0.15, -0.1) is 0 Å². The highest BCUT2D eigenvalue weighted by molar-refractivity contribution is 5.78. The van der Waals surface area contributed by atoms with Gasteiger partial charge in [-0.05, 0) is 43.9 Å². The Morgan fingerprint density at radius 1 is 1.10 bits per heavy atom. The minimum Gasteiger partial charge on any atom is -0.370 e. The molecule has 4 heteroatoms. The van der Waals surface area contributed by atoms with E-state index in [1.54, 1.807) is 0 Å². The number of hydrogen-bond acceptors (Lipinski definition) is 3. The zero-order valence-corrected chi connectivity index (χ0v) is 12.6. The van der Waals surface area contributed by atoms with Crippen LogP contribution in [-0.4, -0.2) is 50.1 Å². The quantitative estimate of drug-likeness (QED) is 0.896. The summed E-state index contributed by atoms with van der Waals surface area (Å²) in [5.41, 5.74) is 1.26. The Morgan fingerprint density at radius 2 is 1.90 bits per heavy atom. The lowest BCUT2D eigenvalue weighted by atomic mass is 10.3. The number of anilines is 1. The van der Waals surface area contributed by atoms with E-state index >= 15 is 0 Å². The van der Waals surface area contributed by atoms with Gasteiger partial charge in [0.25, 0.3) is 0 Å². The molecule has 2 aliphatic rings. The highest BCUT2D eigenvalue weighted by atomic mass is 16.2. The number of rotatable bonds is 5. The molecule has 3 rings (SSSR count). The van der Waals surface area contributed by atoms with Gasteiger partial charge in [0.15, 0.2) is 0 Å². The molecule has 1 aliphatic carbocycles. The van der Waals surface area contributed by atoms with Gasteiger partial charge in [-0.25, -0.2) is 0 Å². The standard InChI is InChI=1S/C17H25N3O/c21-17(14-18-13-15-7-8-15)20-10-4-9-19(11-12-20)16-5-2-1-3-6-16/h1-3,5-6,15,18H,4,7-14H2. The zero-order chi connectivity index (χ0) is 14.5. The SMILES string of the molecule is O=C(CNCC1CC1)N1CCCN(c2ccccc2)CC1. The van der Waals surface area contributed by atoms with Crippen LogP contribution in [0.2, 0.25) is 0 Å². The summed E-state index contributed by atoms with van der Waals surface area (Å²) < 4.78 is 0. The van der Waals surface area contributed by atoms with Crippen LogP contribution >= 0.6 is 0 Å². The predicted octanol–water partition coefficient (Wildman–Crippen LogP) is 1.72. The Kier molecular flexibility index (Phi) is 4.76. The molecule has 21 heavy (non-hydrogen) atoms. The van der Waals surface area contributed by atoms with Crippen molar-refractivity contribution in [1.82, 2.24) is 10.2 Å². The lowest BCUT2D eigenvalue weighted by Gasteiger charge is -2.23. The summed E-state index contributed by atoms with van der Waals surface area (Å²) in [6.07, 6.45) is 3.71.